The lowest BCUT2D eigenvalue weighted by molar-refractivity contribution is 0.102. The Kier molecular flexibility index (Phi) is 6.25. The lowest BCUT2D eigenvalue weighted by Gasteiger charge is -2.31. The summed E-state index contributed by atoms with van der Waals surface area (Å²) in [5.74, 6) is 1.08. The maximum Gasteiger partial charge on any atom is 0.321 e. The molecule has 3 aromatic rings. The quantitative estimate of drug-likeness (QED) is 0.529. The normalized spacial score (nSPS) is 15.3. The molecular formula is C23H22ClN5O4S. The van der Waals surface area contributed by atoms with Crippen LogP contribution in [0.5, 0.6) is 11.5 Å². The van der Waals surface area contributed by atoms with Gasteiger partial charge >= 0.3 is 6.03 Å². The lowest BCUT2D eigenvalue weighted by Crippen LogP contribution is -2.40. The molecule has 0 bridgehead atoms. The maximum absolute atomic E-state index is 12.7. The van der Waals surface area contributed by atoms with Crippen LogP contribution in [0, 0.1) is 6.92 Å². The first-order valence-electron chi connectivity index (χ1n) is 10.8. The van der Waals surface area contributed by atoms with E-state index in [4.69, 9.17) is 21.1 Å². The van der Waals surface area contributed by atoms with Gasteiger partial charge in [-0.2, -0.15) is 0 Å². The number of carbonyl (C=O) groups is 2. The van der Waals surface area contributed by atoms with Crippen LogP contribution in [0.2, 0.25) is 5.02 Å². The van der Waals surface area contributed by atoms with Crippen molar-refractivity contribution in [3.63, 3.8) is 0 Å². The van der Waals surface area contributed by atoms with Crippen molar-refractivity contribution in [2.75, 3.05) is 30.5 Å². The molecule has 2 aliphatic heterocycles. The second-order valence-corrected chi connectivity index (χ2v) is 9.56. The van der Waals surface area contributed by atoms with E-state index in [1.807, 2.05) is 13.0 Å². The van der Waals surface area contributed by atoms with Crippen molar-refractivity contribution < 1.29 is 19.1 Å². The molecule has 11 heteroatoms. The monoisotopic (exact) mass is 499 g/mol. The number of amides is 3. The topological polar surface area (TPSA) is 106 Å². The molecule has 0 saturated carbocycles. The first-order valence-corrected chi connectivity index (χ1v) is 12.0. The van der Waals surface area contributed by atoms with Crippen LogP contribution in [0.15, 0.2) is 36.4 Å². The van der Waals surface area contributed by atoms with Gasteiger partial charge in [0.15, 0.2) is 11.5 Å². The van der Waals surface area contributed by atoms with Gasteiger partial charge in [0, 0.05) is 41.5 Å². The third kappa shape index (κ3) is 4.78. The highest BCUT2D eigenvalue weighted by Gasteiger charge is 2.27. The Labute approximate surface area is 205 Å². The Balaban J connectivity index is 1.16. The number of hydrogen-bond donors (Lipinski definition) is 2. The van der Waals surface area contributed by atoms with E-state index in [1.165, 1.54) is 11.3 Å². The SMILES string of the molecule is Cc1ccc(Cl)cc1NC(=O)N1CCC(c2nnc(C(=O)Nc3ccc4c(c3)OCO4)s2)CC1. The number of urea groups is 1. The highest BCUT2D eigenvalue weighted by Crippen LogP contribution is 2.35. The summed E-state index contributed by atoms with van der Waals surface area (Å²) in [7, 11) is 0. The number of anilines is 2. The number of fused-ring (bicyclic) bond motifs is 1. The second kappa shape index (κ2) is 9.47. The number of halogens is 1. The average Bonchev–Trinajstić information content (AvgIpc) is 3.51. The van der Waals surface area contributed by atoms with Crippen molar-refractivity contribution in [3.05, 3.63) is 57.0 Å². The fourth-order valence-corrected chi connectivity index (χ4v) is 4.98. The smallest absolute Gasteiger partial charge is 0.321 e. The van der Waals surface area contributed by atoms with Crippen LogP contribution >= 0.6 is 22.9 Å². The zero-order valence-corrected chi connectivity index (χ0v) is 19.9. The van der Waals surface area contributed by atoms with Crippen molar-refractivity contribution in [3.8, 4) is 11.5 Å². The summed E-state index contributed by atoms with van der Waals surface area (Å²) in [4.78, 5) is 27.1. The molecule has 0 unspecified atom stereocenters. The number of carbonyl (C=O) groups excluding carboxylic acids is 2. The molecule has 3 heterocycles. The molecule has 1 saturated heterocycles. The van der Waals surface area contributed by atoms with Crippen molar-refractivity contribution >= 4 is 46.3 Å². The molecule has 0 radical (unpaired) electrons. The standard InChI is InChI=1S/C23H22ClN5O4S/c1-13-2-3-15(24)10-17(13)26-23(31)29-8-6-14(7-9-29)21-27-28-22(34-21)20(30)25-16-4-5-18-19(11-16)33-12-32-18/h2-5,10-11,14H,6-9,12H2,1H3,(H,25,30)(H,26,31). The number of benzene rings is 2. The number of nitrogens with one attached hydrogen (secondary N) is 2. The van der Waals surface area contributed by atoms with Gasteiger partial charge in [0.25, 0.3) is 5.91 Å². The van der Waals surface area contributed by atoms with E-state index in [0.29, 0.717) is 46.0 Å². The summed E-state index contributed by atoms with van der Waals surface area (Å²) >= 11 is 7.33. The fourth-order valence-electron chi connectivity index (χ4n) is 3.90. The Hall–Kier alpha value is -3.37. The van der Waals surface area contributed by atoms with E-state index >= 15 is 0 Å². The Bertz CT molecular complexity index is 1240. The minimum atomic E-state index is -0.323. The molecular weight excluding hydrogens is 478 g/mol. The number of aromatic nitrogens is 2. The summed E-state index contributed by atoms with van der Waals surface area (Å²) in [6.45, 7) is 3.28. The summed E-state index contributed by atoms with van der Waals surface area (Å²) in [5.41, 5.74) is 2.26. The summed E-state index contributed by atoms with van der Waals surface area (Å²) in [6, 6.07) is 10.5. The first-order chi connectivity index (χ1) is 16.5. The van der Waals surface area contributed by atoms with E-state index in [9.17, 15) is 9.59 Å². The van der Waals surface area contributed by atoms with Gasteiger partial charge in [-0.25, -0.2) is 4.79 Å². The van der Waals surface area contributed by atoms with Gasteiger partial charge in [-0.05, 0) is 49.6 Å². The summed E-state index contributed by atoms with van der Waals surface area (Å²) in [6.07, 6.45) is 1.50. The number of nitrogens with zero attached hydrogens (tertiary/aromatic N) is 3. The number of piperidine rings is 1. The van der Waals surface area contributed by atoms with E-state index < -0.39 is 0 Å². The van der Waals surface area contributed by atoms with Gasteiger partial charge in [-0.3, -0.25) is 4.79 Å². The Morgan fingerprint density at radius 2 is 1.85 bits per heavy atom. The highest BCUT2D eigenvalue weighted by molar-refractivity contribution is 7.13. The molecule has 0 spiro atoms. The van der Waals surface area contributed by atoms with Gasteiger partial charge in [0.1, 0.15) is 5.01 Å². The molecule has 34 heavy (non-hydrogen) atoms. The second-order valence-electron chi connectivity index (χ2n) is 8.12. The molecule has 1 fully saturated rings. The molecule has 0 atom stereocenters. The van der Waals surface area contributed by atoms with Crippen LogP contribution in [0.3, 0.4) is 0 Å². The summed E-state index contributed by atoms with van der Waals surface area (Å²) < 4.78 is 10.6. The number of hydrogen-bond acceptors (Lipinski definition) is 7. The van der Waals surface area contributed by atoms with E-state index in [1.54, 1.807) is 35.2 Å². The van der Waals surface area contributed by atoms with Gasteiger partial charge in [0.2, 0.25) is 11.8 Å². The fraction of sp³-hybridized carbons (Fsp3) is 0.304. The number of ether oxygens (including phenoxy) is 2. The van der Waals surface area contributed by atoms with Crippen LogP contribution in [-0.2, 0) is 0 Å². The van der Waals surface area contributed by atoms with Gasteiger partial charge < -0.3 is 25.0 Å². The molecule has 0 aliphatic carbocycles. The van der Waals surface area contributed by atoms with E-state index in [0.717, 1.165) is 23.4 Å². The van der Waals surface area contributed by atoms with Crippen molar-refractivity contribution in [2.45, 2.75) is 25.7 Å². The predicted octanol–water partition coefficient (Wildman–Crippen LogP) is 4.89. The molecule has 5 rings (SSSR count). The summed E-state index contributed by atoms with van der Waals surface area (Å²) in [5, 5.41) is 15.8. The van der Waals surface area contributed by atoms with Crippen LogP contribution in [0.1, 0.15) is 39.1 Å². The maximum atomic E-state index is 12.7. The van der Waals surface area contributed by atoms with Crippen molar-refractivity contribution in [1.29, 1.82) is 0 Å². The largest absolute Gasteiger partial charge is 0.454 e. The van der Waals surface area contributed by atoms with Crippen LogP contribution < -0.4 is 20.1 Å². The minimum Gasteiger partial charge on any atom is -0.454 e. The number of aryl methyl sites for hydroxylation is 1. The number of likely N-dealkylation sites (tertiary alicyclic amines) is 1. The predicted molar refractivity (Wildman–Crippen MR) is 129 cm³/mol. The van der Waals surface area contributed by atoms with E-state index in [2.05, 4.69) is 20.8 Å². The van der Waals surface area contributed by atoms with Crippen molar-refractivity contribution in [1.82, 2.24) is 15.1 Å². The third-order valence-electron chi connectivity index (χ3n) is 5.84. The first kappa shape index (κ1) is 22.4. The molecule has 1 aromatic heterocycles. The Morgan fingerprint density at radius 1 is 1.06 bits per heavy atom. The van der Waals surface area contributed by atoms with E-state index in [-0.39, 0.29) is 24.6 Å². The zero-order valence-electron chi connectivity index (χ0n) is 18.3. The molecule has 3 amide bonds. The Morgan fingerprint density at radius 3 is 2.68 bits per heavy atom. The van der Waals surface area contributed by atoms with Crippen molar-refractivity contribution in [2.24, 2.45) is 0 Å². The van der Waals surface area contributed by atoms with Crippen LogP contribution in [0.4, 0.5) is 16.2 Å². The van der Waals surface area contributed by atoms with Gasteiger partial charge in [-0.15, -0.1) is 10.2 Å². The molecule has 2 aromatic carbocycles. The minimum absolute atomic E-state index is 0.148. The third-order valence-corrected chi connectivity index (χ3v) is 7.16. The molecule has 176 valence electrons. The van der Waals surface area contributed by atoms with Gasteiger partial charge in [-0.1, -0.05) is 29.0 Å². The zero-order chi connectivity index (χ0) is 23.7. The highest BCUT2D eigenvalue weighted by atomic mass is 35.5. The van der Waals surface area contributed by atoms with Crippen LogP contribution in [0.25, 0.3) is 0 Å². The van der Waals surface area contributed by atoms with Gasteiger partial charge in [0.05, 0.1) is 0 Å². The molecule has 2 aliphatic rings. The molecule has 2 N–H and O–H groups in total. The van der Waals surface area contributed by atoms with Crippen LogP contribution in [-0.4, -0.2) is 46.9 Å². The lowest BCUT2D eigenvalue weighted by atomic mass is 9.98. The molecule has 9 nitrogen and oxygen atoms in total. The number of rotatable bonds is 4. The average molecular weight is 500 g/mol.